The molecular weight excluding hydrogens is 424 g/mol. The van der Waals surface area contributed by atoms with Crippen LogP contribution in [-0.2, 0) is 11.3 Å². The summed E-state index contributed by atoms with van der Waals surface area (Å²) < 4.78 is 0. The fourth-order valence-corrected chi connectivity index (χ4v) is 5.30. The highest BCUT2D eigenvalue weighted by Crippen LogP contribution is 2.32. The van der Waals surface area contributed by atoms with E-state index in [1.807, 2.05) is 36.4 Å². The Kier molecular flexibility index (Phi) is 7.98. The Bertz CT molecular complexity index is 964. The lowest BCUT2D eigenvalue weighted by Gasteiger charge is -2.32. The molecule has 1 saturated heterocycles. The van der Waals surface area contributed by atoms with Gasteiger partial charge in [0.05, 0.1) is 5.75 Å². The van der Waals surface area contributed by atoms with E-state index in [2.05, 4.69) is 44.5 Å². The number of nitrogens with one attached hydrogen (secondary N) is 1. The van der Waals surface area contributed by atoms with E-state index in [-0.39, 0.29) is 11.9 Å². The molecule has 0 spiro atoms. The lowest BCUT2D eigenvalue weighted by atomic mass is 10.0. The number of piperidine rings is 1. The second kappa shape index (κ2) is 11.3. The van der Waals surface area contributed by atoms with Crippen molar-refractivity contribution < 1.29 is 4.79 Å². The van der Waals surface area contributed by atoms with Gasteiger partial charge >= 0.3 is 0 Å². The maximum Gasteiger partial charge on any atom is 0.230 e. The fourth-order valence-electron chi connectivity index (χ4n) is 3.56. The van der Waals surface area contributed by atoms with E-state index in [9.17, 15) is 4.79 Å². The zero-order valence-electron chi connectivity index (χ0n) is 17.3. The van der Waals surface area contributed by atoms with Gasteiger partial charge in [0.25, 0.3) is 0 Å². The molecule has 0 aliphatic carbocycles. The smallest absolute Gasteiger partial charge is 0.230 e. The Morgan fingerprint density at radius 2 is 1.58 bits per heavy atom. The standard InChI is InChI=1S/C24H26N4OS2/c29-22(27-20-11-15-28(16-12-20)17-19-7-3-1-4-8-19)18-30-23-24(26-14-13-25-23)31-21-9-5-2-6-10-21/h1-10,13-14,20H,11-12,15-18H2,(H,27,29). The van der Waals surface area contributed by atoms with Gasteiger partial charge in [-0.1, -0.05) is 72.1 Å². The van der Waals surface area contributed by atoms with Crippen LogP contribution >= 0.6 is 23.5 Å². The molecule has 160 valence electrons. The number of likely N-dealkylation sites (tertiary alicyclic amines) is 1. The molecule has 0 saturated carbocycles. The van der Waals surface area contributed by atoms with Crippen LogP contribution in [-0.4, -0.2) is 45.7 Å². The summed E-state index contributed by atoms with van der Waals surface area (Å²) in [6.07, 6.45) is 5.35. The maximum absolute atomic E-state index is 12.5. The van der Waals surface area contributed by atoms with Crippen LogP contribution in [0.1, 0.15) is 18.4 Å². The Labute approximate surface area is 192 Å². The number of rotatable bonds is 8. The van der Waals surface area contributed by atoms with Crippen molar-refractivity contribution in [2.75, 3.05) is 18.8 Å². The van der Waals surface area contributed by atoms with Gasteiger partial charge < -0.3 is 5.32 Å². The van der Waals surface area contributed by atoms with E-state index in [4.69, 9.17) is 0 Å². The van der Waals surface area contributed by atoms with Gasteiger partial charge in [-0.15, -0.1) is 0 Å². The van der Waals surface area contributed by atoms with Gasteiger partial charge in [-0.05, 0) is 30.5 Å². The molecule has 1 aliphatic rings. The molecule has 0 bridgehead atoms. The molecule has 31 heavy (non-hydrogen) atoms. The first-order valence-electron chi connectivity index (χ1n) is 10.5. The Hall–Kier alpha value is -2.35. The molecular formula is C24H26N4OS2. The summed E-state index contributed by atoms with van der Waals surface area (Å²) in [6, 6.07) is 20.9. The molecule has 1 N–H and O–H groups in total. The zero-order valence-corrected chi connectivity index (χ0v) is 18.9. The number of aromatic nitrogens is 2. The van der Waals surface area contributed by atoms with E-state index < -0.39 is 0 Å². The number of hydrogen-bond acceptors (Lipinski definition) is 6. The molecule has 1 aliphatic heterocycles. The van der Waals surface area contributed by atoms with Gasteiger partial charge in [-0.2, -0.15) is 0 Å². The number of amides is 1. The summed E-state index contributed by atoms with van der Waals surface area (Å²) in [7, 11) is 0. The highest BCUT2D eigenvalue weighted by atomic mass is 32.2. The van der Waals surface area contributed by atoms with Gasteiger partial charge in [0, 0.05) is 43.0 Å². The van der Waals surface area contributed by atoms with Crippen molar-refractivity contribution in [3.05, 3.63) is 78.6 Å². The predicted octanol–water partition coefficient (Wildman–Crippen LogP) is 4.50. The van der Waals surface area contributed by atoms with Crippen LogP contribution in [0, 0.1) is 0 Å². The fraction of sp³-hybridized carbons (Fsp3) is 0.292. The van der Waals surface area contributed by atoms with Crippen molar-refractivity contribution in [2.45, 2.75) is 40.4 Å². The summed E-state index contributed by atoms with van der Waals surface area (Å²) in [5, 5.41) is 4.83. The van der Waals surface area contributed by atoms with E-state index in [1.54, 1.807) is 24.2 Å². The third kappa shape index (κ3) is 6.82. The van der Waals surface area contributed by atoms with Crippen molar-refractivity contribution in [1.82, 2.24) is 20.2 Å². The molecule has 2 heterocycles. The van der Waals surface area contributed by atoms with Gasteiger partial charge in [0.15, 0.2) is 0 Å². The first-order chi connectivity index (χ1) is 15.3. The van der Waals surface area contributed by atoms with Crippen LogP contribution in [0.3, 0.4) is 0 Å². The normalized spacial score (nSPS) is 15.0. The summed E-state index contributed by atoms with van der Waals surface area (Å²) in [5.41, 5.74) is 1.34. The minimum Gasteiger partial charge on any atom is -0.353 e. The van der Waals surface area contributed by atoms with Crippen LogP contribution in [0.15, 0.2) is 88.0 Å². The largest absolute Gasteiger partial charge is 0.353 e. The zero-order chi connectivity index (χ0) is 21.3. The van der Waals surface area contributed by atoms with Gasteiger partial charge in [-0.3, -0.25) is 9.69 Å². The molecule has 1 aromatic heterocycles. The highest BCUT2D eigenvalue weighted by Gasteiger charge is 2.21. The second-order valence-electron chi connectivity index (χ2n) is 7.47. The summed E-state index contributed by atoms with van der Waals surface area (Å²) in [4.78, 5) is 25.0. The van der Waals surface area contributed by atoms with Crippen molar-refractivity contribution in [1.29, 1.82) is 0 Å². The van der Waals surface area contributed by atoms with Gasteiger partial charge in [0.1, 0.15) is 10.1 Å². The molecule has 1 amide bonds. The lowest BCUT2D eigenvalue weighted by molar-refractivity contribution is -0.119. The lowest BCUT2D eigenvalue weighted by Crippen LogP contribution is -2.44. The molecule has 5 nitrogen and oxygen atoms in total. The third-order valence-electron chi connectivity index (χ3n) is 5.13. The van der Waals surface area contributed by atoms with Crippen LogP contribution < -0.4 is 5.32 Å². The molecule has 2 aromatic carbocycles. The minimum atomic E-state index is 0.0628. The SMILES string of the molecule is O=C(CSc1nccnc1Sc1ccccc1)NC1CCN(Cc2ccccc2)CC1. The first-order valence-corrected chi connectivity index (χ1v) is 12.3. The summed E-state index contributed by atoms with van der Waals surface area (Å²) >= 11 is 3.02. The van der Waals surface area contributed by atoms with Crippen LogP contribution in [0.5, 0.6) is 0 Å². The number of hydrogen-bond donors (Lipinski definition) is 1. The molecule has 0 radical (unpaired) electrons. The molecule has 3 aromatic rings. The van der Waals surface area contributed by atoms with Crippen molar-refractivity contribution >= 4 is 29.4 Å². The molecule has 0 unspecified atom stereocenters. The molecule has 1 fully saturated rings. The average molecular weight is 451 g/mol. The van der Waals surface area contributed by atoms with E-state index in [0.29, 0.717) is 5.75 Å². The number of carbonyl (C=O) groups excluding carboxylic acids is 1. The Morgan fingerprint density at radius 3 is 2.29 bits per heavy atom. The van der Waals surface area contributed by atoms with Crippen LogP contribution in [0.25, 0.3) is 0 Å². The number of nitrogens with zero attached hydrogens (tertiary/aromatic N) is 3. The van der Waals surface area contributed by atoms with E-state index >= 15 is 0 Å². The topological polar surface area (TPSA) is 58.1 Å². The minimum absolute atomic E-state index is 0.0628. The van der Waals surface area contributed by atoms with Crippen LogP contribution in [0.2, 0.25) is 0 Å². The Balaban J connectivity index is 1.22. The number of carbonyl (C=O) groups is 1. The molecule has 0 atom stereocenters. The summed E-state index contributed by atoms with van der Waals surface area (Å²) in [6.45, 7) is 3.00. The van der Waals surface area contributed by atoms with Crippen molar-refractivity contribution in [3.63, 3.8) is 0 Å². The summed E-state index contributed by atoms with van der Waals surface area (Å²) in [5.74, 6) is 0.415. The van der Waals surface area contributed by atoms with Gasteiger partial charge in [-0.25, -0.2) is 9.97 Å². The predicted molar refractivity (Wildman–Crippen MR) is 126 cm³/mol. The molecule has 7 heteroatoms. The van der Waals surface area contributed by atoms with E-state index in [1.165, 1.54) is 17.3 Å². The Morgan fingerprint density at radius 1 is 0.935 bits per heavy atom. The third-order valence-corrected chi connectivity index (χ3v) is 7.24. The quantitative estimate of drug-likeness (QED) is 0.510. The first kappa shape index (κ1) is 21.9. The average Bonchev–Trinajstić information content (AvgIpc) is 2.81. The monoisotopic (exact) mass is 450 g/mol. The second-order valence-corrected chi connectivity index (χ2v) is 9.50. The van der Waals surface area contributed by atoms with Crippen molar-refractivity contribution in [3.8, 4) is 0 Å². The maximum atomic E-state index is 12.5. The van der Waals surface area contributed by atoms with Crippen molar-refractivity contribution in [2.24, 2.45) is 0 Å². The number of thioether (sulfide) groups is 1. The molecule has 4 rings (SSSR count). The highest BCUT2D eigenvalue weighted by molar-refractivity contribution is 8.02. The van der Waals surface area contributed by atoms with Crippen LogP contribution in [0.4, 0.5) is 0 Å². The van der Waals surface area contributed by atoms with E-state index in [0.717, 1.165) is 47.4 Å². The van der Waals surface area contributed by atoms with Gasteiger partial charge in [0.2, 0.25) is 5.91 Å². The number of benzene rings is 2.